The Labute approximate surface area is 108 Å². The van der Waals surface area contributed by atoms with Crippen LogP contribution in [0.3, 0.4) is 0 Å². The molecule has 0 radical (unpaired) electrons. The molecule has 1 fully saturated rings. The van der Waals surface area contributed by atoms with Gasteiger partial charge in [0.05, 0.1) is 12.7 Å². The molecule has 5 unspecified atom stereocenters. The van der Waals surface area contributed by atoms with E-state index in [0.29, 0.717) is 24.7 Å². The van der Waals surface area contributed by atoms with Gasteiger partial charge in [-0.25, -0.2) is 4.79 Å². The summed E-state index contributed by atoms with van der Waals surface area (Å²) in [6.45, 7) is 3.64. The standard InChI is InChI=1S/C13H24O5/c1-3-8(2)9-4-5-12(10(15)6-9)18-13(17)11(16)7-14/h8-12,14-16H,3-7H2,1-2H3. The number of carbonyl (C=O) groups is 1. The molecule has 5 nitrogen and oxygen atoms in total. The first-order valence-corrected chi connectivity index (χ1v) is 6.67. The first-order valence-electron chi connectivity index (χ1n) is 6.67. The summed E-state index contributed by atoms with van der Waals surface area (Å²) in [5.74, 6) is 0.158. The number of rotatable bonds is 5. The lowest BCUT2D eigenvalue weighted by atomic mass is 9.77. The van der Waals surface area contributed by atoms with Crippen molar-refractivity contribution in [1.29, 1.82) is 0 Å². The Bertz CT molecular complexity index is 268. The van der Waals surface area contributed by atoms with Gasteiger partial charge in [-0.2, -0.15) is 0 Å². The highest BCUT2D eigenvalue weighted by Gasteiger charge is 2.34. The van der Waals surface area contributed by atoms with E-state index < -0.39 is 30.9 Å². The van der Waals surface area contributed by atoms with Crippen molar-refractivity contribution in [3.63, 3.8) is 0 Å². The van der Waals surface area contributed by atoms with Gasteiger partial charge in [0, 0.05) is 0 Å². The Morgan fingerprint density at radius 1 is 1.44 bits per heavy atom. The van der Waals surface area contributed by atoms with Gasteiger partial charge in [-0.3, -0.25) is 0 Å². The van der Waals surface area contributed by atoms with Gasteiger partial charge in [0.2, 0.25) is 0 Å². The molecule has 0 spiro atoms. The molecule has 106 valence electrons. The maximum absolute atomic E-state index is 11.3. The van der Waals surface area contributed by atoms with Gasteiger partial charge < -0.3 is 20.1 Å². The average molecular weight is 260 g/mol. The molecule has 1 saturated carbocycles. The van der Waals surface area contributed by atoms with E-state index in [1.165, 1.54) is 0 Å². The van der Waals surface area contributed by atoms with Crippen molar-refractivity contribution in [1.82, 2.24) is 0 Å². The maximum atomic E-state index is 11.3. The molecule has 0 aromatic rings. The summed E-state index contributed by atoms with van der Waals surface area (Å²) in [5, 5.41) is 27.7. The number of carbonyl (C=O) groups excluding carboxylic acids is 1. The summed E-state index contributed by atoms with van der Waals surface area (Å²) < 4.78 is 5.02. The van der Waals surface area contributed by atoms with Crippen LogP contribution in [0.2, 0.25) is 0 Å². The van der Waals surface area contributed by atoms with Crippen LogP contribution in [0.25, 0.3) is 0 Å². The summed E-state index contributed by atoms with van der Waals surface area (Å²) >= 11 is 0. The van der Waals surface area contributed by atoms with Crippen LogP contribution in [0.5, 0.6) is 0 Å². The van der Waals surface area contributed by atoms with Crippen LogP contribution in [-0.2, 0) is 9.53 Å². The lowest BCUT2D eigenvalue weighted by Crippen LogP contribution is -2.41. The average Bonchev–Trinajstić information content (AvgIpc) is 2.38. The summed E-state index contributed by atoms with van der Waals surface area (Å²) in [5.41, 5.74) is 0. The fraction of sp³-hybridized carbons (Fsp3) is 0.923. The van der Waals surface area contributed by atoms with Crippen molar-refractivity contribution < 1.29 is 24.9 Å². The number of aliphatic hydroxyl groups is 3. The number of hydrogen-bond donors (Lipinski definition) is 3. The fourth-order valence-electron chi connectivity index (χ4n) is 2.44. The SMILES string of the molecule is CCC(C)C1CCC(OC(=O)C(O)CO)C(O)C1. The van der Waals surface area contributed by atoms with Crippen molar-refractivity contribution in [3.8, 4) is 0 Å². The fourth-order valence-corrected chi connectivity index (χ4v) is 2.44. The van der Waals surface area contributed by atoms with Crippen molar-refractivity contribution in [2.24, 2.45) is 11.8 Å². The third-order valence-electron chi connectivity index (χ3n) is 3.96. The minimum absolute atomic E-state index is 0.461. The zero-order valence-corrected chi connectivity index (χ0v) is 11.1. The first-order chi connectivity index (χ1) is 8.49. The van der Waals surface area contributed by atoms with E-state index in [1.807, 2.05) is 0 Å². The molecule has 1 aliphatic rings. The highest BCUT2D eigenvalue weighted by atomic mass is 16.6. The Morgan fingerprint density at radius 3 is 2.61 bits per heavy atom. The Hall–Kier alpha value is -0.650. The van der Waals surface area contributed by atoms with Crippen LogP contribution in [0, 0.1) is 11.8 Å². The summed E-state index contributed by atoms with van der Waals surface area (Å²) in [7, 11) is 0. The highest BCUT2D eigenvalue weighted by molar-refractivity contribution is 5.74. The molecule has 1 rings (SSSR count). The molecule has 0 aliphatic heterocycles. The molecule has 0 bridgehead atoms. The largest absolute Gasteiger partial charge is 0.458 e. The molecular formula is C13H24O5. The summed E-state index contributed by atoms with van der Waals surface area (Å²) in [6.07, 6.45) is 0.489. The van der Waals surface area contributed by atoms with Crippen LogP contribution in [0.1, 0.15) is 39.5 Å². The lowest BCUT2D eigenvalue weighted by Gasteiger charge is -2.35. The quantitative estimate of drug-likeness (QED) is 0.625. The molecule has 1 aliphatic carbocycles. The predicted octanol–water partition coefficient (Wildman–Crippen LogP) is 0.458. The zero-order valence-electron chi connectivity index (χ0n) is 11.1. The number of hydrogen-bond acceptors (Lipinski definition) is 5. The zero-order chi connectivity index (χ0) is 13.7. The molecule has 0 heterocycles. The van der Waals surface area contributed by atoms with Crippen LogP contribution >= 0.6 is 0 Å². The number of esters is 1. The smallest absolute Gasteiger partial charge is 0.337 e. The van der Waals surface area contributed by atoms with E-state index in [0.717, 1.165) is 12.8 Å². The van der Waals surface area contributed by atoms with Gasteiger partial charge >= 0.3 is 5.97 Å². The van der Waals surface area contributed by atoms with Gasteiger partial charge in [0.15, 0.2) is 6.10 Å². The van der Waals surface area contributed by atoms with E-state index in [4.69, 9.17) is 14.9 Å². The van der Waals surface area contributed by atoms with Gasteiger partial charge in [-0.1, -0.05) is 20.3 Å². The normalized spacial score (nSPS) is 31.7. The molecule has 0 aromatic carbocycles. The first kappa shape index (κ1) is 15.4. The monoisotopic (exact) mass is 260 g/mol. The predicted molar refractivity (Wildman–Crippen MR) is 65.8 cm³/mol. The Morgan fingerprint density at radius 2 is 2.11 bits per heavy atom. The molecule has 0 saturated heterocycles. The topological polar surface area (TPSA) is 87.0 Å². The molecular weight excluding hydrogens is 236 g/mol. The van der Waals surface area contributed by atoms with Gasteiger partial charge in [0.1, 0.15) is 6.10 Å². The van der Waals surface area contributed by atoms with Crippen molar-refractivity contribution in [2.45, 2.75) is 57.8 Å². The minimum Gasteiger partial charge on any atom is -0.458 e. The van der Waals surface area contributed by atoms with Crippen LogP contribution in [0.4, 0.5) is 0 Å². The second-order valence-electron chi connectivity index (χ2n) is 5.20. The third kappa shape index (κ3) is 3.93. The molecule has 0 amide bonds. The van der Waals surface area contributed by atoms with E-state index in [1.54, 1.807) is 0 Å². The Balaban J connectivity index is 2.45. The second kappa shape index (κ2) is 7.07. The third-order valence-corrected chi connectivity index (χ3v) is 3.96. The molecule has 3 N–H and O–H groups in total. The molecule has 5 atom stereocenters. The summed E-state index contributed by atoms with van der Waals surface area (Å²) in [6, 6.07) is 0. The van der Waals surface area contributed by atoms with Crippen LogP contribution in [-0.4, -0.2) is 46.2 Å². The second-order valence-corrected chi connectivity index (χ2v) is 5.20. The lowest BCUT2D eigenvalue weighted by molar-refractivity contribution is -0.170. The van der Waals surface area contributed by atoms with Crippen molar-refractivity contribution >= 4 is 5.97 Å². The van der Waals surface area contributed by atoms with E-state index in [2.05, 4.69) is 13.8 Å². The van der Waals surface area contributed by atoms with Gasteiger partial charge in [0.25, 0.3) is 0 Å². The van der Waals surface area contributed by atoms with Crippen molar-refractivity contribution in [2.75, 3.05) is 6.61 Å². The van der Waals surface area contributed by atoms with E-state index in [-0.39, 0.29) is 0 Å². The minimum atomic E-state index is -1.51. The van der Waals surface area contributed by atoms with E-state index >= 15 is 0 Å². The van der Waals surface area contributed by atoms with Crippen LogP contribution < -0.4 is 0 Å². The molecule has 18 heavy (non-hydrogen) atoms. The van der Waals surface area contributed by atoms with Gasteiger partial charge in [-0.05, 0) is 31.1 Å². The number of ether oxygens (including phenoxy) is 1. The molecule has 0 aromatic heterocycles. The van der Waals surface area contributed by atoms with E-state index in [9.17, 15) is 9.90 Å². The Kier molecular flexibility index (Phi) is 6.05. The maximum Gasteiger partial charge on any atom is 0.337 e. The van der Waals surface area contributed by atoms with Gasteiger partial charge in [-0.15, -0.1) is 0 Å². The van der Waals surface area contributed by atoms with Crippen molar-refractivity contribution in [3.05, 3.63) is 0 Å². The summed E-state index contributed by atoms with van der Waals surface area (Å²) in [4.78, 5) is 11.3. The molecule has 5 heteroatoms. The van der Waals surface area contributed by atoms with Crippen LogP contribution in [0.15, 0.2) is 0 Å². The number of aliphatic hydroxyl groups excluding tert-OH is 3. The highest BCUT2D eigenvalue weighted by Crippen LogP contribution is 2.33.